The van der Waals surface area contributed by atoms with Gasteiger partial charge in [-0.25, -0.2) is 4.98 Å². The number of anilines is 1. The van der Waals surface area contributed by atoms with E-state index in [2.05, 4.69) is 16.4 Å². The minimum atomic E-state index is -0.133. The number of nitriles is 1. The fourth-order valence-electron chi connectivity index (χ4n) is 3.21. The van der Waals surface area contributed by atoms with E-state index in [9.17, 15) is 4.79 Å². The number of fused-ring (bicyclic) bond motifs is 1. The summed E-state index contributed by atoms with van der Waals surface area (Å²) in [7, 11) is 1.62. The Morgan fingerprint density at radius 3 is 2.58 bits per heavy atom. The van der Waals surface area contributed by atoms with Crippen LogP contribution in [-0.4, -0.2) is 22.6 Å². The molecule has 3 aromatic rings. The first-order valence-corrected chi connectivity index (χ1v) is 8.21. The molecule has 1 aliphatic rings. The number of benzene rings is 2. The summed E-state index contributed by atoms with van der Waals surface area (Å²) in [6.07, 6.45) is 2.05. The van der Waals surface area contributed by atoms with Crippen molar-refractivity contribution in [1.29, 1.82) is 5.26 Å². The molecule has 2 aromatic carbocycles. The van der Waals surface area contributed by atoms with Gasteiger partial charge in [-0.1, -0.05) is 12.1 Å². The van der Waals surface area contributed by atoms with Crippen LogP contribution in [0.3, 0.4) is 0 Å². The molecule has 0 radical (unpaired) electrons. The number of nitrogens with zero attached hydrogens (tertiary/aromatic N) is 3. The lowest BCUT2D eigenvalue weighted by atomic mass is 9.89. The van der Waals surface area contributed by atoms with Crippen molar-refractivity contribution in [1.82, 2.24) is 9.55 Å². The first kappa shape index (κ1) is 15.9. The minimum absolute atomic E-state index is 0.0536. The maximum atomic E-state index is 12.3. The van der Waals surface area contributed by atoms with Crippen molar-refractivity contribution in [3.63, 3.8) is 0 Å². The molecular weight excluding hydrogens is 328 g/mol. The third kappa shape index (κ3) is 2.70. The summed E-state index contributed by atoms with van der Waals surface area (Å²) >= 11 is 0. The summed E-state index contributed by atoms with van der Waals surface area (Å²) in [5.74, 6) is 1.26. The largest absolute Gasteiger partial charge is 0.497 e. The quantitative estimate of drug-likeness (QED) is 0.791. The molecule has 0 fully saturated rings. The summed E-state index contributed by atoms with van der Waals surface area (Å²) in [5.41, 5.74) is 3.28. The molecule has 6 heteroatoms. The highest BCUT2D eigenvalue weighted by Gasteiger charge is 2.30. The van der Waals surface area contributed by atoms with Gasteiger partial charge in [0, 0.05) is 18.0 Å². The fourth-order valence-corrected chi connectivity index (χ4v) is 3.21. The summed E-state index contributed by atoms with van der Waals surface area (Å²) in [5, 5.41) is 11.9. The number of hydrogen-bond acceptors (Lipinski definition) is 4. The highest BCUT2D eigenvalue weighted by atomic mass is 16.5. The fraction of sp³-hybridized carbons (Fsp3) is 0.150. The monoisotopic (exact) mass is 344 g/mol. The van der Waals surface area contributed by atoms with Gasteiger partial charge in [0.05, 0.1) is 24.4 Å². The Labute approximate surface area is 150 Å². The molecule has 0 saturated carbocycles. The highest BCUT2D eigenvalue weighted by Crippen LogP contribution is 2.37. The van der Waals surface area contributed by atoms with Crippen molar-refractivity contribution in [3.05, 3.63) is 71.7 Å². The van der Waals surface area contributed by atoms with Crippen molar-refractivity contribution in [3.8, 4) is 17.5 Å². The lowest BCUT2D eigenvalue weighted by Gasteiger charge is -2.23. The molecule has 0 spiro atoms. The predicted octanol–water partition coefficient (Wildman–Crippen LogP) is 3.23. The molecule has 1 amide bonds. The van der Waals surface area contributed by atoms with E-state index in [4.69, 9.17) is 10.00 Å². The van der Waals surface area contributed by atoms with E-state index in [-0.39, 0.29) is 11.8 Å². The number of carbonyl (C=O) groups is 1. The Hall–Kier alpha value is -3.59. The summed E-state index contributed by atoms with van der Waals surface area (Å²) in [6.45, 7) is 0. The normalized spacial score (nSPS) is 15.7. The molecule has 4 rings (SSSR count). The van der Waals surface area contributed by atoms with Crippen LogP contribution in [0.1, 0.15) is 29.2 Å². The van der Waals surface area contributed by atoms with E-state index in [1.807, 2.05) is 41.0 Å². The van der Waals surface area contributed by atoms with Gasteiger partial charge in [-0.3, -0.25) is 9.36 Å². The second-order valence-electron chi connectivity index (χ2n) is 6.09. The molecule has 6 nitrogen and oxygen atoms in total. The van der Waals surface area contributed by atoms with E-state index >= 15 is 0 Å². The Balaban J connectivity index is 1.75. The molecule has 1 atom stereocenters. The summed E-state index contributed by atoms with van der Waals surface area (Å²) in [4.78, 5) is 16.9. The molecular formula is C20H16N4O2. The standard InChI is InChI=1S/C20H16N4O2/c1-26-16-8-6-15(7-9-16)24-12-22-19-17(10-18(25)23-20(19)24)14-4-2-13(11-21)3-5-14/h2-9,12,17H,10H2,1H3,(H,23,25)/t17-/m1/s1. The summed E-state index contributed by atoms with van der Waals surface area (Å²) in [6, 6.07) is 17.0. The molecule has 26 heavy (non-hydrogen) atoms. The van der Waals surface area contributed by atoms with Crippen LogP contribution in [0.15, 0.2) is 54.9 Å². The number of carbonyl (C=O) groups excluding carboxylic acids is 1. The van der Waals surface area contributed by atoms with E-state index in [1.165, 1.54) is 0 Å². The number of ether oxygens (including phenoxy) is 1. The zero-order valence-corrected chi connectivity index (χ0v) is 14.1. The lowest BCUT2D eigenvalue weighted by molar-refractivity contribution is -0.116. The van der Waals surface area contributed by atoms with Gasteiger partial charge in [-0.05, 0) is 42.0 Å². The van der Waals surface area contributed by atoms with Crippen molar-refractivity contribution >= 4 is 11.7 Å². The molecule has 0 aliphatic carbocycles. The lowest BCUT2D eigenvalue weighted by Crippen LogP contribution is -2.24. The molecule has 0 unspecified atom stereocenters. The van der Waals surface area contributed by atoms with Crippen LogP contribution < -0.4 is 10.1 Å². The van der Waals surface area contributed by atoms with Gasteiger partial charge in [0.25, 0.3) is 0 Å². The van der Waals surface area contributed by atoms with Crippen LogP contribution in [0.25, 0.3) is 5.69 Å². The van der Waals surface area contributed by atoms with E-state index < -0.39 is 0 Å². The van der Waals surface area contributed by atoms with Gasteiger partial charge in [0.1, 0.15) is 17.9 Å². The maximum Gasteiger partial charge on any atom is 0.226 e. The Bertz CT molecular complexity index is 998. The van der Waals surface area contributed by atoms with Crippen molar-refractivity contribution < 1.29 is 9.53 Å². The van der Waals surface area contributed by atoms with E-state index in [1.54, 1.807) is 25.6 Å². The third-order valence-corrected chi connectivity index (χ3v) is 4.57. The zero-order valence-electron chi connectivity index (χ0n) is 14.1. The smallest absolute Gasteiger partial charge is 0.226 e. The van der Waals surface area contributed by atoms with E-state index in [0.29, 0.717) is 17.8 Å². The molecule has 1 aromatic heterocycles. The summed E-state index contributed by atoms with van der Waals surface area (Å²) < 4.78 is 7.06. The average molecular weight is 344 g/mol. The second-order valence-corrected chi connectivity index (χ2v) is 6.09. The maximum absolute atomic E-state index is 12.3. The van der Waals surface area contributed by atoms with Crippen LogP contribution in [0.2, 0.25) is 0 Å². The molecule has 0 bridgehead atoms. The number of amides is 1. The first-order chi connectivity index (χ1) is 12.7. The Morgan fingerprint density at radius 1 is 1.19 bits per heavy atom. The van der Waals surface area contributed by atoms with Gasteiger partial charge in [-0.2, -0.15) is 5.26 Å². The van der Waals surface area contributed by atoms with Crippen molar-refractivity contribution in [2.45, 2.75) is 12.3 Å². The molecule has 2 heterocycles. The van der Waals surface area contributed by atoms with E-state index in [0.717, 1.165) is 22.7 Å². The Morgan fingerprint density at radius 2 is 1.92 bits per heavy atom. The van der Waals surface area contributed by atoms with Gasteiger partial charge >= 0.3 is 0 Å². The Kier molecular flexibility index (Phi) is 3.90. The molecule has 1 aliphatic heterocycles. The van der Waals surface area contributed by atoms with Crippen molar-refractivity contribution in [2.24, 2.45) is 0 Å². The SMILES string of the molecule is COc1ccc(-n2cnc3c2NC(=O)C[C@@H]3c2ccc(C#N)cc2)cc1. The second kappa shape index (κ2) is 6.37. The van der Waals surface area contributed by atoms with Gasteiger partial charge < -0.3 is 10.1 Å². The van der Waals surface area contributed by atoms with Gasteiger partial charge in [-0.15, -0.1) is 0 Å². The van der Waals surface area contributed by atoms with Crippen LogP contribution in [-0.2, 0) is 4.79 Å². The molecule has 1 N–H and O–H groups in total. The highest BCUT2D eigenvalue weighted by molar-refractivity contribution is 5.94. The number of aromatic nitrogens is 2. The van der Waals surface area contributed by atoms with Crippen molar-refractivity contribution in [2.75, 3.05) is 12.4 Å². The number of hydrogen-bond donors (Lipinski definition) is 1. The number of rotatable bonds is 3. The minimum Gasteiger partial charge on any atom is -0.497 e. The topological polar surface area (TPSA) is 79.9 Å². The third-order valence-electron chi connectivity index (χ3n) is 4.57. The van der Waals surface area contributed by atoms with Gasteiger partial charge in [0.2, 0.25) is 5.91 Å². The van der Waals surface area contributed by atoms with Crippen LogP contribution in [0, 0.1) is 11.3 Å². The van der Waals surface area contributed by atoms with Crippen LogP contribution in [0.5, 0.6) is 5.75 Å². The zero-order chi connectivity index (χ0) is 18.1. The van der Waals surface area contributed by atoms with Crippen LogP contribution >= 0.6 is 0 Å². The number of methoxy groups -OCH3 is 1. The predicted molar refractivity (Wildman–Crippen MR) is 96.4 cm³/mol. The number of nitrogens with one attached hydrogen (secondary N) is 1. The number of imidazole rings is 1. The van der Waals surface area contributed by atoms with Crippen LogP contribution in [0.4, 0.5) is 5.82 Å². The first-order valence-electron chi connectivity index (χ1n) is 8.21. The average Bonchev–Trinajstić information content (AvgIpc) is 3.11. The molecule has 128 valence electrons. The van der Waals surface area contributed by atoms with Gasteiger partial charge in [0.15, 0.2) is 0 Å². The molecule has 0 saturated heterocycles.